The Labute approximate surface area is 93.0 Å². The zero-order valence-corrected chi connectivity index (χ0v) is 8.56. The van der Waals surface area contributed by atoms with Crippen LogP contribution < -0.4 is 4.74 Å². The molecule has 0 radical (unpaired) electrons. The van der Waals surface area contributed by atoms with Crippen molar-refractivity contribution in [2.45, 2.75) is 24.9 Å². The fraction of sp³-hybridized carbons (Fsp3) is 0.400. The van der Waals surface area contributed by atoms with Crippen LogP contribution >= 0.6 is 0 Å². The number of ether oxygens (including phenoxy) is 1. The van der Waals surface area contributed by atoms with Crippen LogP contribution in [0.15, 0.2) is 30.3 Å². The van der Waals surface area contributed by atoms with Gasteiger partial charge in [0.1, 0.15) is 5.75 Å². The fourth-order valence-corrected chi connectivity index (χ4v) is 1.00. The molecule has 0 unspecified atom stereocenters. The van der Waals surface area contributed by atoms with Crippen molar-refractivity contribution in [1.29, 1.82) is 0 Å². The Hall–Kier alpha value is -1.40. The predicted molar refractivity (Wildman–Crippen MR) is 47.6 cm³/mol. The summed E-state index contributed by atoms with van der Waals surface area (Å²) in [4.78, 5) is 0. The molecule has 1 rings (SSSR count). The standard InChI is InChI=1S/C10H8F6O/c1-8(9(11,12)13,10(14,15)16)17-7-5-3-2-4-6-7/h2-6H,1H3. The van der Waals surface area contributed by atoms with Gasteiger partial charge in [-0.1, -0.05) is 18.2 Å². The van der Waals surface area contributed by atoms with Crippen LogP contribution in [0.5, 0.6) is 5.75 Å². The van der Waals surface area contributed by atoms with Crippen molar-refractivity contribution in [3.8, 4) is 5.75 Å². The summed E-state index contributed by atoms with van der Waals surface area (Å²) < 4.78 is 78.7. The predicted octanol–water partition coefficient (Wildman–Crippen LogP) is 3.95. The second-order valence-corrected chi connectivity index (χ2v) is 3.44. The molecular weight excluding hydrogens is 250 g/mol. The lowest BCUT2D eigenvalue weighted by Gasteiger charge is -2.34. The third-order valence-electron chi connectivity index (χ3n) is 2.15. The van der Waals surface area contributed by atoms with Crippen molar-refractivity contribution in [1.82, 2.24) is 0 Å². The molecule has 0 amide bonds. The zero-order valence-electron chi connectivity index (χ0n) is 8.56. The van der Waals surface area contributed by atoms with Crippen LogP contribution in [0.2, 0.25) is 0 Å². The van der Waals surface area contributed by atoms with E-state index in [0.717, 1.165) is 12.1 Å². The Morgan fingerprint density at radius 2 is 1.24 bits per heavy atom. The summed E-state index contributed by atoms with van der Waals surface area (Å²) in [5, 5.41) is 0. The quantitative estimate of drug-likeness (QED) is 0.730. The molecule has 0 aliphatic carbocycles. The number of benzene rings is 1. The van der Waals surface area contributed by atoms with Crippen LogP contribution in [0.4, 0.5) is 26.3 Å². The van der Waals surface area contributed by atoms with Crippen molar-refractivity contribution < 1.29 is 31.1 Å². The fourth-order valence-electron chi connectivity index (χ4n) is 1.00. The molecule has 0 aromatic heterocycles. The topological polar surface area (TPSA) is 9.23 Å². The van der Waals surface area contributed by atoms with Crippen LogP contribution in [-0.2, 0) is 0 Å². The smallest absolute Gasteiger partial charge is 0.437 e. The molecule has 0 heterocycles. The van der Waals surface area contributed by atoms with E-state index in [-0.39, 0.29) is 6.92 Å². The molecule has 1 aromatic rings. The maximum atomic E-state index is 12.4. The van der Waals surface area contributed by atoms with Gasteiger partial charge in [0.05, 0.1) is 0 Å². The SMILES string of the molecule is CC(Oc1ccccc1)(C(F)(F)F)C(F)(F)F. The van der Waals surface area contributed by atoms with E-state index in [1.54, 1.807) is 0 Å². The van der Waals surface area contributed by atoms with Crippen molar-refractivity contribution in [2.24, 2.45) is 0 Å². The normalized spacial score (nSPS) is 13.6. The summed E-state index contributed by atoms with van der Waals surface area (Å²) in [5.41, 5.74) is -4.22. The minimum Gasteiger partial charge on any atom is -0.469 e. The first kappa shape index (κ1) is 13.7. The third kappa shape index (κ3) is 2.65. The minimum atomic E-state index is -5.55. The van der Waals surface area contributed by atoms with Crippen LogP contribution in [-0.4, -0.2) is 18.0 Å². The monoisotopic (exact) mass is 258 g/mol. The Morgan fingerprint density at radius 3 is 1.59 bits per heavy atom. The molecule has 0 spiro atoms. The lowest BCUT2D eigenvalue weighted by molar-refractivity contribution is -0.350. The summed E-state index contributed by atoms with van der Waals surface area (Å²) in [7, 11) is 0. The number of para-hydroxylation sites is 1. The van der Waals surface area contributed by atoms with Gasteiger partial charge in [-0.15, -0.1) is 0 Å². The highest BCUT2D eigenvalue weighted by Gasteiger charge is 2.70. The van der Waals surface area contributed by atoms with Gasteiger partial charge < -0.3 is 4.74 Å². The average molecular weight is 258 g/mol. The summed E-state index contributed by atoms with van der Waals surface area (Å²) in [6, 6.07) is 6.06. The third-order valence-corrected chi connectivity index (χ3v) is 2.15. The minimum absolute atomic E-state index is 0.0417. The van der Waals surface area contributed by atoms with Crippen LogP contribution in [0.25, 0.3) is 0 Å². The summed E-state index contributed by atoms with van der Waals surface area (Å²) >= 11 is 0. The van der Waals surface area contributed by atoms with Gasteiger partial charge in [0.2, 0.25) is 0 Å². The number of hydrogen-bond donors (Lipinski definition) is 0. The average Bonchev–Trinajstić information content (AvgIpc) is 2.15. The summed E-state index contributed by atoms with van der Waals surface area (Å²) in [6.07, 6.45) is -11.1. The van der Waals surface area contributed by atoms with Gasteiger partial charge in [-0.3, -0.25) is 0 Å². The molecule has 0 saturated heterocycles. The highest BCUT2D eigenvalue weighted by molar-refractivity contribution is 5.22. The van der Waals surface area contributed by atoms with E-state index < -0.39 is 23.7 Å². The van der Waals surface area contributed by atoms with Gasteiger partial charge in [0, 0.05) is 0 Å². The van der Waals surface area contributed by atoms with Crippen molar-refractivity contribution in [2.75, 3.05) is 0 Å². The molecule has 17 heavy (non-hydrogen) atoms. The highest BCUT2D eigenvalue weighted by Crippen LogP contribution is 2.45. The van der Waals surface area contributed by atoms with Crippen LogP contribution in [0.1, 0.15) is 6.92 Å². The molecule has 0 atom stereocenters. The van der Waals surface area contributed by atoms with Gasteiger partial charge in [-0.2, -0.15) is 26.3 Å². The highest BCUT2D eigenvalue weighted by atomic mass is 19.4. The lowest BCUT2D eigenvalue weighted by Crippen LogP contribution is -2.58. The van der Waals surface area contributed by atoms with Gasteiger partial charge in [-0.05, 0) is 19.1 Å². The van der Waals surface area contributed by atoms with Crippen molar-refractivity contribution in [3.63, 3.8) is 0 Å². The first-order chi connectivity index (χ1) is 7.58. The molecule has 1 aromatic carbocycles. The number of alkyl halides is 6. The van der Waals surface area contributed by atoms with E-state index in [4.69, 9.17) is 0 Å². The van der Waals surface area contributed by atoms with Crippen LogP contribution in [0, 0.1) is 0 Å². The molecule has 7 heteroatoms. The first-order valence-electron chi connectivity index (χ1n) is 4.45. The second-order valence-electron chi connectivity index (χ2n) is 3.44. The molecular formula is C10H8F6O. The largest absolute Gasteiger partial charge is 0.469 e. The Bertz CT molecular complexity index is 353. The second kappa shape index (κ2) is 4.12. The maximum Gasteiger partial charge on any atom is 0.437 e. The molecule has 0 aliphatic heterocycles. The Balaban J connectivity index is 3.11. The van der Waals surface area contributed by atoms with Gasteiger partial charge >= 0.3 is 12.4 Å². The molecule has 96 valence electrons. The molecule has 0 bridgehead atoms. The summed E-state index contributed by atoms with van der Waals surface area (Å²) in [6.45, 7) is -0.0417. The maximum absolute atomic E-state index is 12.4. The van der Waals surface area contributed by atoms with E-state index in [1.165, 1.54) is 18.2 Å². The Morgan fingerprint density at radius 1 is 0.824 bits per heavy atom. The van der Waals surface area contributed by atoms with Gasteiger partial charge in [0.25, 0.3) is 5.60 Å². The molecule has 0 fully saturated rings. The van der Waals surface area contributed by atoms with Gasteiger partial charge in [0.15, 0.2) is 0 Å². The van der Waals surface area contributed by atoms with E-state index >= 15 is 0 Å². The number of rotatable bonds is 2. The lowest BCUT2D eigenvalue weighted by atomic mass is 10.1. The summed E-state index contributed by atoms with van der Waals surface area (Å²) in [5.74, 6) is -0.496. The van der Waals surface area contributed by atoms with Crippen LogP contribution in [0.3, 0.4) is 0 Å². The number of halogens is 6. The van der Waals surface area contributed by atoms with E-state index in [2.05, 4.69) is 4.74 Å². The van der Waals surface area contributed by atoms with Crippen molar-refractivity contribution >= 4 is 0 Å². The van der Waals surface area contributed by atoms with Crippen molar-refractivity contribution in [3.05, 3.63) is 30.3 Å². The zero-order chi connectivity index (χ0) is 13.3. The van der Waals surface area contributed by atoms with Gasteiger partial charge in [-0.25, -0.2) is 0 Å². The van der Waals surface area contributed by atoms with E-state index in [9.17, 15) is 26.3 Å². The molecule has 0 N–H and O–H groups in total. The Kier molecular flexibility index (Phi) is 3.31. The molecule has 0 aliphatic rings. The molecule has 0 saturated carbocycles. The van der Waals surface area contributed by atoms with E-state index in [1.807, 2.05) is 0 Å². The first-order valence-corrected chi connectivity index (χ1v) is 4.45. The molecule has 1 nitrogen and oxygen atoms in total. The number of hydrogen-bond acceptors (Lipinski definition) is 1. The van der Waals surface area contributed by atoms with E-state index in [0.29, 0.717) is 0 Å².